The van der Waals surface area contributed by atoms with Gasteiger partial charge in [-0.15, -0.1) is 11.3 Å². The van der Waals surface area contributed by atoms with Crippen LogP contribution in [0.5, 0.6) is 0 Å². The van der Waals surface area contributed by atoms with Crippen LogP contribution in [0, 0.1) is 0 Å². The van der Waals surface area contributed by atoms with Crippen molar-refractivity contribution in [3.8, 4) is 10.8 Å². The third kappa shape index (κ3) is 3.81. The number of likely N-dealkylation sites (N-methyl/N-ethyl adjacent to an activating group) is 1. The summed E-state index contributed by atoms with van der Waals surface area (Å²) in [4.78, 5) is 27.0. The minimum absolute atomic E-state index is 0.0229. The maximum atomic E-state index is 12.4. The van der Waals surface area contributed by atoms with Gasteiger partial charge in [0, 0.05) is 24.3 Å². The number of carbonyl (C=O) groups excluding carboxylic acids is 1. The maximum absolute atomic E-state index is 12.4. The zero-order valence-electron chi connectivity index (χ0n) is 12.7. The van der Waals surface area contributed by atoms with E-state index in [-0.39, 0.29) is 12.3 Å². The summed E-state index contributed by atoms with van der Waals surface area (Å²) >= 11 is 1.44. The van der Waals surface area contributed by atoms with Gasteiger partial charge in [-0.05, 0) is 25.1 Å². The number of hydrogen-bond acceptors (Lipinski definition) is 6. The molecule has 3 aromatic heterocycles. The summed E-state index contributed by atoms with van der Waals surface area (Å²) in [7, 11) is 0. The molecule has 0 N–H and O–H groups in total. The van der Waals surface area contributed by atoms with Gasteiger partial charge < -0.3 is 9.32 Å². The molecule has 0 fully saturated rings. The maximum Gasteiger partial charge on any atom is 0.229 e. The number of carbonyl (C=O) groups is 1. The molecule has 0 aliphatic heterocycles. The minimum atomic E-state index is 0.0229. The molecule has 7 heteroatoms. The van der Waals surface area contributed by atoms with Crippen molar-refractivity contribution in [3.05, 3.63) is 53.7 Å². The highest BCUT2D eigenvalue weighted by molar-refractivity contribution is 7.13. The summed E-state index contributed by atoms with van der Waals surface area (Å²) in [5, 5.41) is 2.60. The van der Waals surface area contributed by atoms with E-state index in [2.05, 4.69) is 15.0 Å². The molecule has 0 radical (unpaired) electrons. The Morgan fingerprint density at radius 2 is 2.13 bits per heavy atom. The molecule has 3 aromatic rings. The summed E-state index contributed by atoms with van der Waals surface area (Å²) in [6.07, 6.45) is 5.23. The lowest BCUT2D eigenvalue weighted by molar-refractivity contribution is -0.131. The van der Waals surface area contributed by atoms with Gasteiger partial charge in [-0.2, -0.15) is 0 Å². The summed E-state index contributed by atoms with van der Waals surface area (Å²) in [6.45, 7) is 3.05. The zero-order valence-corrected chi connectivity index (χ0v) is 13.5. The minimum Gasteiger partial charge on any atom is -0.467 e. The van der Waals surface area contributed by atoms with Crippen LogP contribution >= 0.6 is 11.3 Å². The van der Waals surface area contributed by atoms with Crippen LogP contribution in [0.4, 0.5) is 0 Å². The molecule has 0 aliphatic rings. The molecule has 0 saturated heterocycles. The van der Waals surface area contributed by atoms with E-state index in [0.29, 0.717) is 18.9 Å². The number of nitrogens with zero attached hydrogens (tertiary/aromatic N) is 4. The van der Waals surface area contributed by atoms with Crippen molar-refractivity contribution in [1.29, 1.82) is 0 Å². The molecule has 118 valence electrons. The van der Waals surface area contributed by atoms with Gasteiger partial charge in [0.2, 0.25) is 5.91 Å². The lowest BCUT2D eigenvalue weighted by Gasteiger charge is -2.19. The molecule has 0 unspecified atom stereocenters. The predicted molar refractivity (Wildman–Crippen MR) is 86.6 cm³/mol. The molecule has 3 heterocycles. The first-order valence-electron chi connectivity index (χ1n) is 7.28. The SMILES string of the molecule is CCN(Cc1ccco1)C(=O)Cc1csc(-c2ncccn2)n1. The monoisotopic (exact) mass is 328 g/mol. The van der Waals surface area contributed by atoms with E-state index in [1.165, 1.54) is 11.3 Å². The second kappa shape index (κ2) is 7.15. The normalized spacial score (nSPS) is 10.7. The largest absolute Gasteiger partial charge is 0.467 e. The first kappa shape index (κ1) is 15.4. The Labute approximate surface area is 137 Å². The van der Waals surface area contributed by atoms with Gasteiger partial charge >= 0.3 is 0 Å². The average Bonchev–Trinajstić information content (AvgIpc) is 3.25. The Balaban J connectivity index is 1.66. The fourth-order valence-corrected chi connectivity index (χ4v) is 2.90. The Morgan fingerprint density at radius 1 is 1.30 bits per heavy atom. The summed E-state index contributed by atoms with van der Waals surface area (Å²) in [5.41, 5.74) is 0.736. The third-order valence-corrected chi connectivity index (χ3v) is 4.19. The van der Waals surface area contributed by atoms with Crippen LogP contribution in [0.25, 0.3) is 10.8 Å². The van der Waals surface area contributed by atoms with Gasteiger partial charge in [0.05, 0.1) is 24.9 Å². The summed E-state index contributed by atoms with van der Waals surface area (Å²) < 4.78 is 5.30. The molecule has 0 aromatic carbocycles. The molecule has 23 heavy (non-hydrogen) atoms. The van der Waals surface area contributed by atoms with E-state index in [4.69, 9.17) is 4.42 Å². The number of hydrogen-bond donors (Lipinski definition) is 0. The van der Waals surface area contributed by atoms with Gasteiger partial charge in [-0.3, -0.25) is 4.79 Å². The standard InChI is InChI=1S/C16H16N4O2S/c1-2-20(10-13-5-3-8-22-13)14(21)9-12-11-23-16(19-12)15-17-6-4-7-18-15/h3-8,11H,2,9-10H2,1H3. The van der Waals surface area contributed by atoms with E-state index in [0.717, 1.165) is 16.5 Å². The second-order valence-electron chi connectivity index (χ2n) is 4.88. The van der Waals surface area contributed by atoms with Gasteiger partial charge in [0.1, 0.15) is 5.76 Å². The van der Waals surface area contributed by atoms with Crippen molar-refractivity contribution in [2.45, 2.75) is 19.9 Å². The molecular formula is C16H16N4O2S. The first-order chi connectivity index (χ1) is 11.3. The van der Waals surface area contributed by atoms with Crippen LogP contribution in [0.1, 0.15) is 18.4 Å². The quantitative estimate of drug-likeness (QED) is 0.696. The lowest BCUT2D eigenvalue weighted by atomic mass is 10.3. The second-order valence-corrected chi connectivity index (χ2v) is 5.74. The molecule has 6 nitrogen and oxygen atoms in total. The molecule has 0 aliphatic carbocycles. The third-order valence-electron chi connectivity index (χ3n) is 3.30. The van der Waals surface area contributed by atoms with Crippen molar-refractivity contribution in [2.24, 2.45) is 0 Å². The number of aromatic nitrogens is 3. The smallest absolute Gasteiger partial charge is 0.229 e. The van der Waals surface area contributed by atoms with Crippen LogP contribution in [-0.4, -0.2) is 32.3 Å². The van der Waals surface area contributed by atoms with Gasteiger partial charge in [0.15, 0.2) is 10.8 Å². The summed E-state index contributed by atoms with van der Waals surface area (Å²) in [6, 6.07) is 5.44. The number of amides is 1. The fourth-order valence-electron chi connectivity index (χ4n) is 2.13. The van der Waals surface area contributed by atoms with Gasteiger partial charge in [0.25, 0.3) is 0 Å². The highest BCUT2D eigenvalue weighted by Crippen LogP contribution is 2.20. The molecule has 0 spiro atoms. The van der Waals surface area contributed by atoms with E-state index in [1.807, 2.05) is 24.4 Å². The van der Waals surface area contributed by atoms with Gasteiger partial charge in [-0.25, -0.2) is 15.0 Å². The van der Waals surface area contributed by atoms with E-state index in [9.17, 15) is 4.79 Å². The number of furan rings is 1. The fraction of sp³-hybridized carbons (Fsp3) is 0.250. The first-order valence-corrected chi connectivity index (χ1v) is 8.16. The van der Waals surface area contributed by atoms with Crippen LogP contribution in [0.15, 0.2) is 46.7 Å². The van der Waals surface area contributed by atoms with Crippen molar-refractivity contribution in [3.63, 3.8) is 0 Å². The van der Waals surface area contributed by atoms with Crippen LogP contribution in [0.3, 0.4) is 0 Å². The molecule has 1 amide bonds. The topological polar surface area (TPSA) is 72.1 Å². The molecule has 0 bridgehead atoms. The van der Waals surface area contributed by atoms with Crippen molar-refractivity contribution in [2.75, 3.05) is 6.54 Å². The number of thiazole rings is 1. The lowest BCUT2D eigenvalue weighted by Crippen LogP contribution is -2.31. The Hall–Kier alpha value is -2.54. The van der Waals surface area contributed by atoms with Crippen LogP contribution in [0.2, 0.25) is 0 Å². The highest BCUT2D eigenvalue weighted by atomic mass is 32.1. The molecule has 0 atom stereocenters. The van der Waals surface area contributed by atoms with Crippen molar-refractivity contribution in [1.82, 2.24) is 19.9 Å². The predicted octanol–water partition coefficient (Wildman–Crippen LogP) is 2.78. The highest BCUT2D eigenvalue weighted by Gasteiger charge is 2.16. The Morgan fingerprint density at radius 3 is 2.83 bits per heavy atom. The van der Waals surface area contributed by atoms with Gasteiger partial charge in [-0.1, -0.05) is 0 Å². The van der Waals surface area contributed by atoms with E-state index < -0.39 is 0 Å². The molecule has 3 rings (SSSR count). The van der Waals surface area contributed by atoms with Crippen molar-refractivity contribution >= 4 is 17.2 Å². The van der Waals surface area contributed by atoms with E-state index >= 15 is 0 Å². The Bertz CT molecular complexity index is 756. The van der Waals surface area contributed by atoms with Crippen molar-refractivity contribution < 1.29 is 9.21 Å². The average molecular weight is 328 g/mol. The molecular weight excluding hydrogens is 312 g/mol. The number of rotatable bonds is 6. The zero-order chi connectivity index (χ0) is 16.1. The molecule has 0 saturated carbocycles. The summed E-state index contributed by atoms with van der Waals surface area (Å²) in [5.74, 6) is 1.38. The van der Waals surface area contributed by atoms with Crippen LogP contribution in [-0.2, 0) is 17.8 Å². The Kier molecular flexibility index (Phi) is 4.77. The van der Waals surface area contributed by atoms with E-state index in [1.54, 1.807) is 29.6 Å². The van der Waals surface area contributed by atoms with Crippen LogP contribution < -0.4 is 0 Å².